The number of amides is 1. The molecule has 0 aromatic carbocycles. The molecule has 0 bridgehead atoms. The van der Waals surface area contributed by atoms with E-state index in [4.69, 9.17) is 0 Å². The molecule has 0 saturated heterocycles. The third-order valence-corrected chi connectivity index (χ3v) is 10.2. The molecule has 0 aromatic rings. The molecule has 0 heterocycles. The molecule has 0 radical (unpaired) electrons. The lowest BCUT2D eigenvalue weighted by Crippen LogP contribution is -2.45. The predicted octanol–water partition coefficient (Wildman–Crippen LogP) is 12.8. The first-order valence-electron chi connectivity index (χ1n) is 22.3. The van der Waals surface area contributed by atoms with Gasteiger partial charge >= 0.3 is 0 Å². The van der Waals surface area contributed by atoms with Crippen LogP contribution in [0.15, 0.2) is 36.5 Å². The van der Waals surface area contributed by atoms with Crippen molar-refractivity contribution in [2.45, 2.75) is 244 Å². The maximum Gasteiger partial charge on any atom is 0.222 e. The van der Waals surface area contributed by atoms with Crippen molar-refractivity contribution in [3.05, 3.63) is 36.5 Å². The van der Waals surface area contributed by atoms with Crippen LogP contribution in [-0.2, 0) is 4.79 Å². The molecule has 0 aromatic heterocycles. The summed E-state index contributed by atoms with van der Waals surface area (Å²) in [5.41, 5.74) is 0. The van der Waals surface area contributed by atoms with Gasteiger partial charge in [0.15, 0.2) is 0 Å². The summed E-state index contributed by atoms with van der Waals surface area (Å²) in [6.45, 7) is 4.19. The van der Waals surface area contributed by atoms with Crippen molar-refractivity contribution in [2.75, 3.05) is 6.61 Å². The molecule has 51 heavy (non-hydrogen) atoms. The summed E-state index contributed by atoms with van der Waals surface area (Å²) in [6, 6.07) is -0.764. The number of carbonyl (C=O) groups excluding carboxylic acids is 1. The van der Waals surface area contributed by atoms with E-state index in [2.05, 4.69) is 43.5 Å². The lowest BCUT2D eigenvalue weighted by molar-refractivity contribution is -0.124. The lowest BCUT2D eigenvalue weighted by Gasteiger charge is -2.21. The molecule has 4 N–H and O–H groups in total. The van der Waals surface area contributed by atoms with Gasteiger partial charge in [-0.1, -0.05) is 211 Å². The normalized spacial score (nSPS) is 13.9. The van der Waals surface area contributed by atoms with Crippen molar-refractivity contribution in [1.82, 2.24) is 5.32 Å². The number of hydrogen-bond acceptors (Lipinski definition) is 4. The summed E-state index contributed by atoms with van der Waals surface area (Å²) in [6.07, 6.45) is 51.5. The Bertz CT molecular complexity index is 794. The maximum absolute atomic E-state index is 12.4. The van der Waals surface area contributed by atoms with Crippen LogP contribution in [0.3, 0.4) is 0 Å². The highest BCUT2D eigenvalue weighted by Crippen LogP contribution is 2.15. The second-order valence-electron chi connectivity index (χ2n) is 15.3. The summed E-state index contributed by atoms with van der Waals surface area (Å²) < 4.78 is 0. The molecule has 300 valence electrons. The van der Waals surface area contributed by atoms with E-state index in [1.54, 1.807) is 6.08 Å². The van der Waals surface area contributed by atoms with Gasteiger partial charge in [0.2, 0.25) is 5.91 Å². The van der Waals surface area contributed by atoms with Gasteiger partial charge in [0.25, 0.3) is 0 Å². The highest BCUT2D eigenvalue weighted by molar-refractivity contribution is 5.76. The Morgan fingerprint density at radius 3 is 1.25 bits per heavy atom. The average molecular weight is 718 g/mol. The Kier molecular flexibility index (Phi) is 40.2. The summed E-state index contributed by atoms with van der Waals surface area (Å²) in [5, 5.41) is 33.1. The van der Waals surface area contributed by atoms with Crippen molar-refractivity contribution in [1.29, 1.82) is 0 Å². The van der Waals surface area contributed by atoms with Gasteiger partial charge < -0.3 is 20.6 Å². The monoisotopic (exact) mass is 718 g/mol. The Morgan fingerprint density at radius 2 is 0.843 bits per heavy atom. The molecule has 5 heteroatoms. The number of rotatable bonds is 40. The van der Waals surface area contributed by atoms with Crippen molar-refractivity contribution in [2.24, 2.45) is 0 Å². The molecule has 5 nitrogen and oxygen atoms in total. The van der Waals surface area contributed by atoms with Crippen LogP contribution < -0.4 is 5.32 Å². The van der Waals surface area contributed by atoms with Crippen molar-refractivity contribution >= 4 is 5.91 Å². The lowest BCUT2D eigenvalue weighted by atomic mass is 10.0. The van der Waals surface area contributed by atoms with Crippen molar-refractivity contribution < 1.29 is 20.1 Å². The summed E-state index contributed by atoms with van der Waals surface area (Å²) >= 11 is 0. The van der Waals surface area contributed by atoms with Crippen LogP contribution >= 0.6 is 0 Å². The van der Waals surface area contributed by atoms with Crippen LogP contribution in [0.2, 0.25) is 0 Å². The van der Waals surface area contributed by atoms with Crippen molar-refractivity contribution in [3.8, 4) is 0 Å². The van der Waals surface area contributed by atoms with Crippen molar-refractivity contribution in [3.63, 3.8) is 0 Å². The third-order valence-electron chi connectivity index (χ3n) is 10.2. The number of hydrogen-bond donors (Lipinski definition) is 4. The first-order chi connectivity index (χ1) is 25.0. The Labute approximate surface area is 317 Å². The molecule has 0 fully saturated rings. The number of nitrogens with one attached hydrogen (secondary N) is 1. The van der Waals surface area contributed by atoms with Crippen LogP contribution in [0, 0.1) is 0 Å². The van der Waals surface area contributed by atoms with E-state index in [1.807, 2.05) is 6.08 Å². The standard InChI is InChI=1S/C46H87NO4/c1-3-5-7-9-11-13-15-17-18-19-20-21-22-23-24-25-26-27-28-30-32-34-36-38-40-45(50)44(42-48)47-46(51)41-43(49)39-37-35-33-31-29-16-14-12-10-8-6-4-2/h25-26,30,32,38,40,43-45,48-50H,3-24,27-29,31,33-37,39,41-42H2,1-2H3,(H,47,51)/b26-25+,32-30+,40-38+. The van der Waals surface area contributed by atoms with Gasteiger partial charge in [-0.3, -0.25) is 4.79 Å². The number of carbonyl (C=O) groups is 1. The van der Waals surface area contributed by atoms with E-state index < -0.39 is 18.2 Å². The SMILES string of the molecule is CCCCCCCCCCCCCCCC/C=C/CC/C=C/CC/C=C/C(O)C(CO)NC(=O)CC(O)CCCCCCCCCCCCCC. The maximum atomic E-state index is 12.4. The number of unbranched alkanes of at least 4 members (excludes halogenated alkanes) is 27. The molecule has 0 rings (SSSR count). The zero-order chi connectivity index (χ0) is 37.3. The fraction of sp³-hybridized carbons (Fsp3) is 0.848. The first-order valence-corrected chi connectivity index (χ1v) is 22.3. The molecular weight excluding hydrogens is 631 g/mol. The minimum atomic E-state index is -0.957. The van der Waals surface area contributed by atoms with E-state index in [9.17, 15) is 20.1 Å². The van der Waals surface area contributed by atoms with E-state index in [0.29, 0.717) is 6.42 Å². The summed E-state index contributed by atoms with van der Waals surface area (Å²) in [5.74, 6) is -0.329. The summed E-state index contributed by atoms with van der Waals surface area (Å²) in [7, 11) is 0. The minimum Gasteiger partial charge on any atom is -0.394 e. The summed E-state index contributed by atoms with van der Waals surface area (Å²) in [4.78, 5) is 12.4. The highest BCUT2D eigenvalue weighted by Gasteiger charge is 2.20. The van der Waals surface area contributed by atoms with E-state index in [1.165, 1.54) is 161 Å². The van der Waals surface area contributed by atoms with Gasteiger partial charge in [0.1, 0.15) is 0 Å². The van der Waals surface area contributed by atoms with Gasteiger partial charge in [-0.15, -0.1) is 0 Å². The highest BCUT2D eigenvalue weighted by atomic mass is 16.3. The molecule has 0 aliphatic carbocycles. The van der Waals surface area contributed by atoms with Crippen LogP contribution in [0.4, 0.5) is 0 Å². The van der Waals surface area contributed by atoms with Crippen LogP contribution in [0.25, 0.3) is 0 Å². The van der Waals surface area contributed by atoms with Crippen LogP contribution in [0.5, 0.6) is 0 Å². The fourth-order valence-corrected chi connectivity index (χ4v) is 6.72. The zero-order valence-electron chi connectivity index (χ0n) is 34.0. The molecule has 1 amide bonds. The largest absolute Gasteiger partial charge is 0.394 e. The average Bonchev–Trinajstić information content (AvgIpc) is 3.12. The first kappa shape index (κ1) is 49.6. The smallest absolute Gasteiger partial charge is 0.222 e. The predicted molar refractivity (Wildman–Crippen MR) is 222 cm³/mol. The van der Waals surface area contributed by atoms with Gasteiger partial charge in [-0.2, -0.15) is 0 Å². The van der Waals surface area contributed by atoms with E-state index >= 15 is 0 Å². The fourth-order valence-electron chi connectivity index (χ4n) is 6.72. The molecular formula is C46H87NO4. The van der Waals surface area contributed by atoms with E-state index in [-0.39, 0.29) is 18.9 Å². The second kappa shape index (κ2) is 41.3. The van der Waals surface area contributed by atoms with Gasteiger partial charge in [0.05, 0.1) is 31.3 Å². The zero-order valence-corrected chi connectivity index (χ0v) is 34.0. The Balaban J connectivity index is 3.71. The number of allylic oxidation sites excluding steroid dienone is 5. The topological polar surface area (TPSA) is 89.8 Å². The van der Waals surface area contributed by atoms with Gasteiger partial charge in [0, 0.05) is 0 Å². The Hall–Kier alpha value is -1.43. The number of aliphatic hydroxyl groups is 3. The van der Waals surface area contributed by atoms with Crippen LogP contribution in [-0.4, -0.2) is 46.1 Å². The Morgan fingerprint density at radius 1 is 0.490 bits per heavy atom. The second-order valence-corrected chi connectivity index (χ2v) is 15.3. The van der Waals surface area contributed by atoms with Crippen LogP contribution in [0.1, 0.15) is 226 Å². The molecule has 0 aliphatic rings. The molecule has 3 atom stereocenters. The molecule has 0 spiro atoms. The number of aliphatic hydroxyl groups excluding tert-OH is 3. The third kappa shape index (κ3) is 38.1. The minimum absolute atomic E-state index is 0.00439. The molecule has 0 aliphatic heterocycles. The van der Waals surface area contributed by atoms with Gasteiger partial charge in [-0.25, -0.2) is 0 Å². The van der Waals surface area contributed by atoms with Gasteiger partial charge in [-0.05, 0) is 44.9 Å². The molecule has 0 saturated carbocycles. The molecule has 3 unspecified atom stereocenters. The quantitative estimate of drug-likeness (QED) is 0.0375. The van der Waals surface area contributed by atoms with E-state index in [0.717, 1.165) is 38.5 Å².